The summed E-state index contributed by atoms with van der Waals surface area (Å²) in [6, 6.07) is 16.8. The molecule has 0 heterocycles. The van der Waals surface area contributed by atoms with E-state index in [9.17, 15) is 15.0 Å². The number of aromatic carboxylic acids is 1. The number of aliphatic hydroxyl groups excluding tert-OH is 1. The molecule has 0 bridgehead atoms. The number of hydrogen-bond donors (Lipinski definition) is 3. The van der Waals surface area contributed by atoms with Gasteiger partial charge in [-0.05, 0) is 82.7 Å². The molecule has 3 N–H and O–H groups in total. The first-order valence-corrected chi connectivity index (χ1v) is 11.9. The van der Waals surface area contributed by atoms with E-state index < -0.39 is 12.1 Å². The van der Waals surface area contributed by atoms with E-state index in [1.807, 2.05) is 0 Å². The Labute approximate surface area is 207 Å². The molecule has 4 nitrogen and oxygen atoms in total. The van der Waals surface area contributed by atoms with Crippen LogP contribution in [-0.4, -0.2) is 21.3 Å². The van der Waals surface area contributed by atoms with Gasteiger partial charge in [-0.3, -0.25) is 0 Å². The molecule has 35 heavy (non-hydrogen) atoms. The lowest BCUT2D eigenvalue weighted by Gasteiger charge is -2.43. The summed E-state index contributed by atoms with van der Waals surface area (Å²) in [6.07, 6.45) is 1.11. The summed E-state index contributed by atoms with van der Waals surface area (Å²) in [5, 5.41) is 30.1. The lowest BCUT2D eigenvalue weighted by atomic mass is 9.61. The van der Waals surface area contributed by atoms with E-state index in [-0.39, 0.29) is 22.1 Å². The number of aliphatic hydroxyl groups is 1. The van der Waals surface area contributed by atoms with Gasteiger partial charge in [-0.25, -0.2) is 4.79 Å². The molecule has 0 saturated heterocycles. The molecule has 3 aromatic rings. The molecular formula is C31H32O4. The third-order valence-corrected chi connectivity index (χ3v) is 7.20. The van der Waals surface area contributed by atoms with E-state index >= 15 is 0 Å². The molecule has 0 spiro atoms. The predicted octanol–water partition coefficient (Wildman–Crippen LogP) is 6.50. The Hall–Kier alpha value is -3.55. The summed E-state index contributed by atoms with van der Waals surface area (Å²) >= 11 is 0. The fourth-order valence-electron chi connectivity index (χ4n) is 4.96. The van der Waals surface area contributed by atoms with Crippen LogP contribution in [0.1, 0.15) is 84.8 Å². The van der Waals surface area contributed by atoms with Gasteiger partial charge in [0.25, 0.3) is 0 Å². The Morgan fingerprint density at radius 2 is 1.60 bits per heavy atom. The number of carbonyl (C=O) groups is 1. The van der Waals surface area contributed by atoms with Crippen LogP contribution in [0, 0.1) is 18.8 Å². The average Bonchev–Trinajstić information content (AvgIpc) is 2.80. The van der Waals surface area contributed by atoms with Crippen molar-refractivity contribution in [2.24, 2.45) is 0 Å². The van der Waals surface area contributed by atoms with Crippen molar-refractivity contribution in [1.29, 1.82) is 0 Å². The summed E-state index contributed by atoms with van der Waals surface area (Å²) in [4.78, 5) is 11.1. The molecule has 1 aliphatic carbocycles. The Kier molecular flexibility index (Phi) is 6.25. The monoisotopic (exact) mass is 468 g/mol. The number of carboxylic acid groups (broad SMARTS) is 1. The van der Waals surface area contributed by atoms with Gasteiger partial charge in [0.15, 0.2) is 0 Å². The van der Waals surface area contributed by atoms with Gasteiger partial charge in [0.2, 0.25) is 0 Å². The molecular weight excluding hydrogens is 436 g/mol. The highest BCUT2D eigenvalue weighted by Gasteiger charge is 2.39. The fraction of sp³-hybridized carbons (Fsp3) is 0.323. The van der Waals surface area contributed by atoms with Gasteiger partial charge in [-0.1, -0.05) is 75.4 Å². The van der Waals surface area contributed by atoms with E-state index in [2.05, 4.69) is 82.9 Å². The van der Waals surface area contributed by atoms with Crippen LogP contribution in [-0.2, 0) is 10.8 Å². The van der Waals surface area contributed by atoms with Gasteiger partial charge >= 0.3 is 5.97 Å². The minimum atomic E-state index is -1.20. The summed E-state index contributed by atoms with van der Waals surface area (Å²) < 4.78 is 0. The fourth-order valence-corrected chi connectivity index (χ4v) is 4.96. The van der Waals surface area contributed by atoms with Crippen LogP contribution in [0.15, 0.2) is 54.6 Å². The number of hydrogen-bond acceptors (Lipinski definition) is 3. The Balaban J connectivity index is 1.83. The van der Waals surface area contributed by atoms with Crippen molar-refractivity contribution >= 4 is 5.97 Å². The number of benzene rings is 3. The van der Waals surface area contributed by atoms with Crippen molar-refractivity contribution in [1.82, 2.24) is 0 Å². The number of carboxylic acids is 1. The smallest absolute Gasteiger partial charge is 0.339 e. The zero-order chi connectivity index (χ0) is 25.5. The maximum atomic E-state index is 11.1. The van der Waals surface area contributed by atoms with E-state index in [0.29, 0.717) is 5.56 Å². The van der Waals surface area contributed by atoms with Gasteiger partial charge < -0.3 is 15.3 Å². The molecule has 0 aliphatic heterocycles. The quantitative estimate of drug-likeness (QED) is 0.384. The van der Waals surface area contributed by atoms with Crippen LogP contribution < -0.4 is 0 Å². The Morgan fingerprint density at radius 3 is 2.23 bits per heavy atom. The van der Waals surface area contributed by atoms with E-state index in [0.717, 1.165) is 29.5 Å². The van der Waals surface area contributed by atoms with Crippen molar-refractivity contribution in [2.45, 2.75) is 64.4 Å². The first kappa shape index (κ1) is 24.6. The molecule has 0 radical (unpaired) electrons. The molecule has 3 aromatic carbocycles. The van der Waals surface area contributed by atoms with Crippen LogP contribution >= 0.6 is 0 Å². The topological polar surface area (TPSA) is 77.8 Å². The molecule has 0 amide bonds. The minimum absolute atomic E-state index is 0.00362. The van der Waals surface area contributed by atoms with Crippen LogP contribution in [0.2, 0.25) is 0 Å². The standard InChI is InChI=1S/C31H32O4/c1-19-6-10-21(11-7-19)24-17-22(18-25-28(24)31(4,5)15-14-30(25,2)3)26(32)13-9-20-8-12-23(29(34)35)27(33)16-20/h6-8,10-12,16-18,26,32-33H,14-15H2,1-5H3,(H,34,35). The molecule has 0 saturated carbocycles. The maximum Gasteiger partial charge on any atom is 0.339 e. The number of phenols is 1. The van der Waals surface area contributed by atoms with Crippen LogP contribution in [0.4, 0.5) is 0 Å². The number of rotatable bonds is 3. The molecule has 0 fully saturated rings. The highest BCUT2D eigenvalue weighted by atomic mass is 16.4. The maximum absolute atomic E-state index is 11.1. The second-order valence-corrected chi connectivity index (χ2v) is 10.8. The van der Waals surface area contributed by atoms with Crippen LogP contribution in [0.25, 0.3) is 11.1 Å². The van der Waals surface area contributed by atoms with Gasteiger partial charge in [0, 0.05) is 5.56 Å². The zero-order valence-corrected chi connectivity index (χ0v) is 20.9. The van der Waals surface area contributed by atoms with E-state index in [1.54, 1.807) is 0 Å². The summed E-state index contributed by atoms with van der Waals surface area (Å²) in [5.41, 5.74) is 6.96. The molecule has 4 heteroatoms. The molecule has 1 aliphatic rings. The zero-order valence-electron chi connectivity index (χ0n) is 20.9. The largest absolute Gasteiger partial charge is 0.507 e. The first-order valence-electron chi connectivity index (χ1n) is 11.9. The number of aromatic hydroxyl groups is 1. The highest BCUT2D eigenvalue weighted by molar-refractivity contribution is 5.90. The average molecular weight is 469 g/mol. The Bertz CT molecular complexity index is 1350. The van der Waals surface area contributed by atoms with Gasteiger partial charge in [0.05, 0.1) is 0 Å². The SMILES string of the molecule is Cc1ccc(-c2cc(C(O)C#Cc3ccc(C(=O)O)c(O)c3)cc3c2C(C)(C)CCC3(C)C)cc1. The lowest BCUT2D eigenvalue weighted by molar-refractivity contribution is 0.0693. The van der Waals surface area contributed by atoms with Crippen molar-refractivity contribution in [3.63, 3.8) is 0 Å². The molecule has 1 unspecified atom stereocenters. The third-order valence-electron chi connectivity index (χ3n) is 7.20. The van der Waals surface area contributed by atoms with E-state index in [1.165, 1.54) is 34.9 Å². The lowest BCUT2D eigenvalue weighted by Crippen LogP contribution is -2.34. The molecule has 180 valence electrons. The Morgan fingerprint density at radius 1 is 0.943 bits per heavy atom. The van der Waals surface area contributed by atoms with Crippen LogP contribution in [0.3, 0.4) is 0 Å². The molecule has 0 aromatic heterocycles. The number of aryl methyl sites for hydroxylation is 1. The number of fused-ring (bicyclic) bond motifs is 1. The van der Waals surface area contributed by atoms with E-state index in [4.69, 9.17) is 5.11 Å². The van der Waals surface area contributed by atoms with Gasteiger partial charge in [-0.15, -0.1) is 0 Å². The van der Waals surface area contributed by atoms with Gasteiger partial charge in [-0.2, -0.15) is 0 Å². The third kappa shape index (κ3) is 4.83. The molecule has 1 atom stereocenters. The second kappa shape index (κ2) is 8.91. The van der Waals surface area contributed by atoms with Crippen molar-refractivity contribution < 1.29 is 20.1 Å². The first-order chi connectivity index (χ1) is 16.4. The van der Waals surface area contributed by atoms with Crippen molar-refractivity contribution in [3.8, 4) is 28.7 Å². The van der Waals surface area contributed by atoms with Gasteiger partial charge in [0.1, 0.15) is 17.4 Å². The minimum Gasteiger partial charge on any atom is -0.507 e. The normalized spacial score (nSPS) is 16.5. The summed E-state index contributed by atoms with van der Waals surface area (Å²) in [6.45, 7) is 11.2. The van der Waals surface area contributed by atoms with Crippen molar-refractivity contribution in [2.75, 3.05) is 0 Å². The summed E-state index contributed by atoms with van der Waals surface area (Å²) in [5.74, 6) is 4.21. The highest BCUT2D eigenvalue weighted by Crippen LogP contribution is 2.50. The predicted molar refractivity (Wildman–Crippen MR) is 139 cm³/mol. The van der Waals surface area contributed by atoms with Crippen molar-refractivity contribution in [3.05, 3.63) is 88.0 Å². The summed E-state index contributed by atoms with van der Waals surface area (Å²) in [7, 11) is 0. The van der Waals surface area contributed by atoms with Crippen LogP contribution in [0.5, 0.6) is 5.75 Å². The molecule has 4 rings (SSSR count). The second-order valence-electron chi connectivity index (χ2n) is 10.8.